The maximum Gasteiger partial charge on any atom is 0.0949 e. The molecule has 0 unspecified atom stereocenters. The molecule has 0 aliphatic carbocycles. The van der Waals surface area contributed by atoms with Gasteiger partial charge in [-0.05, 0) is 33.9 Å². The van der Waals surface area contributed by atoms with Gasteiger partial charge in [-0.25, -0.2) is 4.98 Å². The molecule has 18 heavy (non-hydrogen) atoms. The van der Waals surface area contributed by atoms with E-state index in [1.807, 2.05) is 12.5 Å². The highest BCUT2D eigenvalue weighted by atomic mass is 15.2. The summed E-state index contributed by atoms with van der Waals surface area (Å²) in [5.74, 6) is 0. The molecular weight excluding hydrogens is 224 g/mol. The van der Waals surface area contributed by atoms with Gasteiger partial charge in [0.05, 0.1) is 12.0 Å². The van der Waals surface area contributed by atoms with Crippen molar-refractivity contribution in [2.45, 2.75) is 53.2 Å². The van der Waals surface area contributed by atoms with Crippen molar-refractivity contribution in [3.63, 3.8) is 0 Å². The van der Waals surface area contributed by atoms with Crippen LogP contribution in [0.3, 0.4) is 0 Å². The van der Waals surface area contributed by atoms with E-state index < -0.39 is 0 Å². The Morgan fingerprint density at radius 3 is 2.50 bits per heavy atom. The summed E-state index contributed by atoms with van der Waals surface area (Å²) < 4.78 is 2.25. The van der Waals surface area contributed by atoms with Gasteiger partial charge in [0.25, 0.3) is 0 Å². The first-order valence-corrected chi connectivity index (χ1v) is 6.92. The zero-order valence-corrected chi connectivity index (χ0v) is 12.5. The summed E-state index contributed by atoms with van der Waals surface area (Å²) in [4.78, 5) is 6.69. The summed E-state index contributed by atoms with van der Waals surface area (Å²) in [6, 6.07) is 0. The second-order valence-electron chi connectivity index (χ2n) is 5.71. The largest absolute Gasteiger partial charge is 0.332 e. The van der Waals surface area contributed by atoms with Crippen LogP contribution in [0.5, 0.6) is 0 Å². The molecule has 0 bridgehead atoms. The lowest BCUT2D eigenvalue weighted by Gasteiger charge is -2.22. The summed E-state index contributed by atoms with van der Waals surface area (Å²) in [5.41, 5.74) is 1.41. The molecule has 1 aromatic rings. The number of rotatable bonds is 7. The molecule has 0 fully saturated rings. The minimum atomic E-state index is 0.147. The Bertz CT molecular complexity index is 334. The van der Waals surface area contributed by atoms with E-state index in [9.17, 15) is 0 Å². The average molecular weight is 252 g/mol. The van der Waals surface area contributed by atoms with Gasteiger partial charge in [0.1, 0.15) is 0 Å². The highest BCUT2D eigenvalue weighted by molar-refractivity contribution is 4.99. The summed E-state index contributed by atoms with van der Waals surface area (Å²) in [7, 11) is 0. The Kier molecular flexibility index (Phi) is 5.82. The van der Waals surface area contributed by atoms with Crippen LogP contribution in [0.25, 0.3) is 0 Å². The summed E-state index contributed by atoms with van der Waals surface area (Å²) in [5, 5.41) is 3.51. The molecule has 0 saturated heterocycles. The quantitative estimate of drug-likeness (QED) is 0.807. The number of aromatic nitrogens is 2. The van der Waals surface area contributed by atoms with E-state index in [0.717, 1.165) is 32.7 Å². The first-order chi connectivity index (χ1) is 8.46. The lowest BCUT2D eigenvalue weighted by molar-refractivity contribution is 0.288. The fourth-order valence-electron chi connectivity index (χ4n) is 1.84. The molecule has 0 radical (unpaired) electrons. The summed E-state index contributed by atoms with van der Waals surface area (Å²) >= 11 is 0. The number of nitrogens with one attached hydrogen (secondary N) is 1. The second-order valence-corrected chi connectivity index (χ2v) is 5.71. The number of nitrogens with zero attached hydrogens (tertiary/aromatic N) is 3. The molecule has 104 valence electrons. The molecule has 4 heteroatoms. The Hall–Kier alpha value is -0.870. The molecule has 1 heterocycles. The van der Waals surface area contributed by atoms with Crippen LogP contribution in [-0.2, 0) is 13.1 Å². The van der Waals surface area contributed by atoms with Gasteiger partial charge >= 0.3 is 0 Å². The fourth-order valence-corrected chi connectivity index (χ4v) is 1.84. The van der Waals surface area contributed by atoms with Crippen LogP contribution in [0.1, 0.15) is 40.3 Å². The normalized spacial score (nSPS) is 12.3. The Balaban J connectivity index is 2.49. The lowest BCUT2D eigenvalue weighted by Crippen LogP contribution is -2.36. The number of hydrogen-bond acceptors (Lipinski definition) is 3. The number of hydrogen-bond donors (Lipinski definition) is 1. The predicted octanol–water partition coefficient (Wildman–Crippen LogP) is 2.11. The van der Waals surface area contributed by atoms with Crippen molar-refractivity contribution >= 4 is 0 Å². The lowest BCUT2D eigenvalue weighted by atomic mass is 10.1. The smallest absolute Gasteiger partial charge is 0.0949 e. The van der Waals surface area contributed by atoms with Crippen LogP contribution >= 0.6 is 0 Å². The zero-order valence-electron chi connectivity index (χ0n) is 12.5. The minimum Gasteiger partial charge on any atom is -0.332 e. The van der Waals surface area contributed by atoms with Gasteiger partial charge in [-0.1, -0.05) is 13.8 Å². The predicted molar refractivity (Wildman–Crippen MR) is 76.6 cm³/mol. The topological polar surface area (TPSA) is 33.1 Å². The summed E-state index contributed by atoms with van der Waals surface area (Å²) in [6.07, 6.45) is 3.89. The Labute approximate surface area is 111 Å². The van der Waals surface area contributed by atoms with Crippen LogP contribution in [0, 0.1) is 0 Å². The SMILES string of the molecule is CCN(CC)CCn1cncc1CNC(C)(C)C. The van der Waals surface area contributed by atoms with Crippen molar-refractivity contribution in [2.75, 3.05) is 19.6 Å². The van der Waals surface area contributed by atoms with Gasteiger partial charge in [-0.15, -0.1) is 0 Å². The van der Waals surface area contributed by atoms with Crippen molar-refractivity contribution in [2.24, 2.45) is 0 Å². The number of imidazole rings is 1. The standard InChI is InChI=1S/C14H28N4/c1-6-17(7-2)8-9-18-12-15-10-13(18)11-16-14(3,4)5/h10,12,16H,6-9,11H2,1-5H3. The molecule has 1 aromatic heterocycles. The molecular formula is C14H28N4. The maximum absolute atomic E-state index is 4.26. The Morgan fingerprint density at radius 1 is 1.28 bits per heavy atom. The van der Waals surface area contributed by atoms with Crippen LogP contribution in [0.15, 0.2) is 12.5 Å². The molecule has 0 aliphatic heterocycles. The molecule has 0 aliphatic rings. The molecule has 4 nitrogen and oxygen atoms in total. The van der Waals surface area contributed by atoms with Crippen molar-refractivity contribution in [3.8, 4) is 0 Å². The highest BCUT2D eigenvalue weighted by Crippen LogP contribution is 2.04. The molecule has 0 amide bonds. The highest BCUT2D eigenvalue weighted by Gasteiger charge is 2.10. The third kappa shape index (κ3) is 5.19. The third-order valence-electron chi connectivity index (χ3n) is 3.15. The van der Waals surface area contributed by atoms with Crippen LogP contribution in [-0.4, -0.2) is 39.6 Å². The van der Waals surface area contributed by atoms with Crippen molar-refractivity contribution in [1.29, 1.82) is 0 Å². The molecule has 0 spiro atoms. The van der Waals surface area contributed by atoms with E-state index in [2.05, 4.69) is 54.4 Å². The van der Waals surface area contributed by atoms with Gasteiger partial charge in [-0.3, -0.25) is 0 Å². The van der Waals surface area contributed by atoms with Crippen LogP contribution in [0.2, 0.25) is 0 Å². The summed E-state index contributed by atoms with van der Waals surface area (Å²) in [6.45, 7) is 16.2. The Morgan fingerprint density at radius 2 is 1.94 bits per heavy atom. The first-order valence-electron chi connectivity index (χ1n) is 6.92. The van der Waals surface area contributed by atoms with Gasteiger partial charge in [0.2, 0.25) is 0 Å². The van der Waals surface area contributed by atoms with Gasteiger partial charge in [0.15, 0.2) is 0 Å². The number of likely N-dealkylation sites (N-methyl/N-ethyl adjacent to an activating group) is 1. The maximum atomic E-state index is 4.26. The van der Waals surface area contributed by atoms with Crippen LogP contribution < -0.4 is 5.32 Å². The molecule has 1 rings (SSSR count). The van der Waals surface area contributed by atoms with Crippen LogP contribution in [0.4, 0.5) is 0 Å². The molecule has 1 N–H and O–H groups in total. The van der Waals surface area contributed by atoms with E-state index in [1.165, 1.54) is 5.69 Å². The second kappa shape index (κ2) is 6.90. The minimum absolute atomic E-state index is 0.147. The van der Waals surface area contributed by atoms with E-state index in [0.29, 0.717) is 0 Å². The molecule has 0 saturated carbocycles. The van der Waals surface area contributed by atoms with E-state index in [4.69, 9.17) is 0 Å². The van der Waals surface area contributed by atoms with Crippen molar-refractivity contribution in [3.05, 3.63) is 18.2 Å². The van der Waals surface area contributed by atoms with Crippen molar-refractivity contribution in [1.82, 2.24) is 19.8 Å². The van der Waals surface area contributed by atoms with E-state index in [1.54, 1.807) is 0 Å². The molecule has 0 atom stereocenters. The first kappa shape index (κ1) is 15.2. The molecule has 0 aromatic carbocycles. The fraction of sp³-hybridized carbons (Fsp3) is 0.786. The van der Waals surface area contributed by atoms with Gasteiger partial charge < -0.3 is 14.8 Å². The van der Waals surface area contributed by atoms with Gasteiger partial charge in [-0.2, -0.15) is 0 Å². The van der Waals surface area contributed by atoms with Crippen molar-refractivity contribution < 1.29 is 0 Å². The zero-order chi connectivity index (χ0) is 13.6. The monoisotopic (exact) mass is 252 g/mol. The van der Waals surface area contributed by atoms with Gasteiger partial charge in [0, 0.05) is 31.4 Å². The van der Waals surface area contributed by atoms with E-state index >= 15 is 0 Å². The van der Waals surface area contributed by atoms with E-state index in [-0.39, 0.29) is 5.54 Å². The third-order valence-corrected chi connectivity index (χ3v) is 3.15. The average Bonchev–Trinajstić information content (AvgIpc) is 2.74.